The predicted molar refractivity (Wildman–Crippen MR) is 56.2 cm³/mol. The van der Waals surface area contributed by atoms with Gasteiger partial charge in [-0.15, -0.1) is 0 Å². The van der Waals surface area contributed by atoms with E-state index in [1.807, 2.05) is 0 Å². The quantitative estimate of drug-likeness (QED) is 0.890. The van der Waals surface area contributed by atoms with Crippen molar-refractivity contribution in [1.82, 2.24) is 0 Å². The van der Waals surface area contributed by atoms with Gasteiger partial charge >= 0.3 is 6.09 Å². The Kier molecular flexibility index (Phi) is 4.51. The first-order valence-corrected chi connectivity index (χ1v) is 4.92. The first kappa shape index (κ1) is 11.9. The Morgan fingerprint density at radius 3 is 2.93 bits per heavy atom. The number of anilines is 1. The van der Waals surface area contributed by atoms with Crippen LogP contribution in [-0.4, -0.2) is 24.4 Å². The molecule has 0 aliphatic heterocycles. The molecule has 1 amide bonds. The topological polar surface area (TPSA) is 58.6 Å². The van der Waals surface area contributed by atoms with Gasteiger partial charge in [-0.1, -0.05) is 15.9 Å². The third-order valence-electron chi connectivity index (χ3n) is 1.49. The van der Waals surface area contributed by atoms with E-state index in [-0.39, 0.29) is 18.9 Å². The van der Waals surface area contributed by atoms with E-state index in [0.717, 1.165) is 0 Å². The highest BCUT2D eigenvalue weighted by Crippen LogP contribution is 2.19. The van der Waals surface area contributed by atoms with Gasteiger partial charge in [0.05, 0.1) is 12.3 Å². The molecule has 2 N–H and O–H groups in total. The van der Waals surface area contributed by atoms with E-state index in [4.69, 9.17) is 5.11 Å². The Labute approximate surface area is 94.2 Å². The number of halogens is 2. The molecule has 0 atom stereocenters. The van der Waals surface area contributed by atoms with E-state index in [0.29, 0.717) is 4.47 Å². The van der Waals surface area contributed by atoms with Gasteiger partial charge in [0, 0.05) is 4.47 Å². The standard InChI is InChI=1S/C9H9BrFNO3/c10-6-1-2-8(7(11)5-6)12-9(14)15-4-3-13/h1-2,5,13H,3-4H2,(H,12,14). The number of benzene rings is 1. The highest BCUT2D eigenvalue weighted by atomic mass is 79.9. The van der Waals surface area contributed by atoms with Crippen LogP contribution in [-0.2, 0) is 4.74 Å². The molecule has 15 heavy (non-hydrogen) atoms. The van der Waals surface area contributed by atoms with Crippen molar-refractivity contribution in [2.45, 2.75) is 0 Å². The number of amides is 1. The van der Waals surface area contributed by atoms with E-state index in [1.165, 1.54) is 12.1 Å². The summed E-state index contributed by atoms with van der Waals surface area (Å²) in [6.45, 7) is -0.389. The number of nitrogens with one attached hydrogen (secondary N) is 1. The summed E-state index contributed by atoms with van der Waals surface area (Å²) in [6, 6.07) is 4.21. The Balaban J connectivity index is 2.60. The molecule has 0 unspecified atom stereocenters. The fraction of sp³-hybridized carbons (Fsp3) is 0.222. The van der Waals surface area contributed by atoms with E-state index in [1.54, 1.807) is 6.07 Å². The van der Waals surface area contributed by atoms with Crippen LogP contribution in [0.2, 0.25) is 0 Å². The zero-order valence-electron chi connectivity index (χ0n) is 7.67. The van der Waals surface area contributed by atoms with Crippen LogP contribution in [0.25, 0.3) is 0 Å². The second-order valence-electron chi connectivity index (χ2n) is 2.61. The Morgan fingerprint density at radius 2 is 2.33 bits per heavy atom. The summed E-state index contributed by atoms with van der Waals surface area (Å²) in [4.78, 5) is 11.0. The smallest absolute Gasteiger partial charge is 0.411 e. The Morgan fingerprint density at radius 1 is 1.60 bits per heavy atom. The normalized spacial score (nSPS) is 9.80. The summed E-state index contributed by atoms with van der Waals surface area (Å²) in [5.74, 6) is -0.565. The molecule has 0 saturated carbocycles. The Bertz CT molecular complexity index is 359. The van der Waals surface area contributed by atoms with Crippen molar-refractivity contribution < 1.29 is 19.0 Å². The maximum Gasteiger partial charge on any atom is 0.411 e. The molecule has 0 aliphatic carbocycles. The average Bonchev–Trinajstić information content (AvgIpc) is 2.19. The molecule has 0 fully saturated rings. The molecule has 82 valence electrons. The molecule has 0 saturated heterocycles. The minimum Gasteiger partial charge on any atom is -0.447 e. The molecule has 4 nitrogen and oxygen atoms in total. The van der Waals surface area contributed by atoms with Crippen LogP contribution in [0.5, 0.6) is 0 Å². The van der Waals surface area contributed by atoms with Gasteiger partial charge < -0.3 is 9.84 Å². The van der Waals surface area contributed by atoms with Crippen LogP contribution in [0.15, 0.2) is 22.7 Å². The average molecular weight is 278 g/mol. The van der Waals surface area contributed by atoms with Crippen molar-refractivity contribution >= 4 is 27.7 Å². The van der Waals surface area contributed by atoms with Crippen molar-refractivity contribution in [2.24, 2.45) is 0 Å². The van der Waals surface area contributed by atoms with Crippen molar-refractivity contribution in [3.63, 3.8) is 0 Å². The van der Waals surface area contributed by atoms with E-state index >= 15 is 0 Å². The van der Waals surface area contributed by atoms with Gasteiger partial charge in [-0.3, -0.25) is 5.32 Å². The zero-order valence-corrected chi connectivity index (χ0v) is 9.25. The fourth-order valence-corrected chi connectivity index (χ4v) is 1.21. The number of aliphatic hydroxyl groups excluding tert-OH is 1. The van der Waals surface area contributed by atoms with Gasteiger partial charge in [-0.25, -0.2) is 9.18 Å². The lowest BCUT2D eigenvalue weighted by Gasteiger charge is -2.06. The zero-order chi connectivity index (χ0) is 11.3. The number of carbonyl (C=O) groups excluding carboxylic acids is 1. The molecule has 1 aromatic rings. The van der Waals surface area contributed by atoms with Crippen LogP contribution < -0.4 is 5.32 Å². The number of ether oxygens (including phenoxy) is 1. The maximum absolute atomic E-state index is 13.2. The molecule has 0 aliphatic rings. The number of rotatable bonds is 3. The van der Waals surface area contributed by atoms with Crippen LogP contribution in [0.1, 0.15) is 0 Å². The van der Waals surface area contributed by atoms with Crippen molar-refractivity contribution in [3.8, 4) is 0 Å². The van der Waals surface area contributed by atoms with Crippen LogP contribution in [0.3, 0.4) is 0 Å². The van der Waals surface area contributed by atoms with Gasteiger partial charge in [-0.2, -0.15) is 0 Å². The van der Waals surface area contributed by atoms with Gasteiger partial charge in [-0.05, 0) is 18.2 Å². The molecule has 6 heteroatoms. The summed E-state index contributed by atoms with van der Waals surface area (Å²) in [5, 5.41) is 10.6. The molecule has 0 heterocycles. The first-order chi connectivity index (χ1) is 7.13. The molecule has 1 rings (SSSR count). The van der Waals surface area contributed by atoms with Crippen molar-refractivity contribution in [2.75, 3.05) is 18.5 Å². The third kappa shape index (κ3) is 3.85. The number of hydrogen-bond acceptors (Lipinski definition) is 3. The molecule has 0 spiro atoms. The Hall–Kier alpha value is -1.14. The number of hydrogen-bond donors (Lipinski definition) is 2. The molecular weight excluding hydrogens is 269 g/mol. The predicted octanol–water partition coefficient (Wildman–Crippen LogP) is 2.13. The number of carbonyl (C=O) groups is 1. The second-order valence-corrected chi connectivity index (χ2v) is 3.52. The second kappa shape index (κ2) is 5.67. The molecule has 0 aromatic heterocycles. The minimum absolute atomic E-state index is 0.0288. The van der Waals surface area contributed by atoms with Crippen LogP contribution in [0, 0.1) is 5.82 Å². The van der Waals surface area contributed by atoms with Gasteiger partial charge in [0.1, 0.15) is 12.4 Å². The summed E-state index contributed by atoms with van der Waals surface area (Å²) in [5.41, 5.74) is 0.0288. The number of aliphatic hydroxyl groups is 1. The molecule has 0 bridgehead atoms. The summed E-state index contributed by atoms with van der Waals surface area (Å²) in [7, 11) is 0. The SMILES string of the molecule is O=C(Nc1ccc(Br)cc1F)OCCO. The first-order valence-electron chi connectivity index (χ1n) is 4.13. The van der Waals surface area contributed by atoms with E-state index in [2.05, 4.69) is 26.0 Å². The van der Waals surface area contributed by atoms with Crippen molar-refractivity contribution in [3.05, 3.63) is 28.5 Å². The lowest BCUT2D eigenvalue weighted by Crippen LogP contribution is -2.16. The molecular formula is C9H9BrFNO3. The molecule has 0 radical (unpaired) electrons. The van der Waals surface area contributed by atoms with Crippen molar-refractivity contribution in [1.29, 1.82) is 0 Å². The highest BCUT2D eigenvalue weighted by molar-refractivity contribution is 9.10. The third-order valence-corrected chi connectivity index (χ3v) is 1.99. The summed E-state index contributed by atoms with van der Waals surface area (Å²) >= 11 is 3.09. The largest absolute Gasteiger partial charge is 0.447 e. The van der Waals surface area contributed by atoms with E-state index < -0.39 is 11.9 Å². The summed E-state index contributed by atoms with van der Waals surface area (Å²) < 4.78 is 18.3. The monoisotopic (exact) mass is 277 g/mol. The summed E-state index contributed by atoms with van der Waals surface area (Å²) in [6.07, 6.45) is -0.801. The van der Waals surface area contributed by atoms with Gasteiger partial charge in [0.15, 0.2) is 0 Å². The minimum atomic E-state index is -0.801. The highest BCUT2D eigenvalue weighted by Gasteiger charge is 2.07. The maximum atomic E-state index is 13.2. The van der Waals surface area contributed by atoms with Gasteiger partial charge in [0.2, 0.25) is 0 Å². The van der Waals surface area contributed by atoms with Gasteiger partial charge in [0.25, 0.3) is 0 Å². The lowest BCUT2D eigenvalue weighted by molar-refractivity contribution is 0.131. The fourth-order valence-electron chi connectivity index (χ4n) is 0.875. The van der Waals surface area contributed by atoms with Crippen LogP contribution >= 0.6 is 15.9 Å². The lowest BCUT2D eigenvalue weighted by atomic mass is 10.3. The van der Waals surface area contributed by atoms with Crippen LogP contribution in [0.4, 0.5) is 14.9 Å². The van der Waals surface area contributed by atoms with E-state index in [9.17, 15) is 9.18 Å². The molecule has 1 aromatic carbocycles.